The van der Waals surface area contributed by atoms with E-state index in [0.717, 1.165) is 31.9 Å². The van der Waals surface area contributed by atoms with Crippen LogP contribution < -0.4 is 10.2 Å². The summed E-state index contributed by atoms with van der Waals surface area (Å²) < 4.78 is 0. The zero-order valence-corrected chi connectivity index (χ0v) is 17.1. The van der Waals surface area contributed by atoms with E-state index in [9.17, 15) is 14.4 Å². The molecule has 1 atom stereocenters. The van der Waals surface area contributed by atoms with Crippen molar-refractivity contribution in [3.63, 3.8) is 0 Å². The lowest BCUT2D eigenvalue weighted by Gasteiger charge is -2.38. The van der Waals surface area contributed by atoms with Gasteiger partial charge < -0.3 is 10.2 Å². The van der Waals surface area contributed by atoms with Crippen molar-refractivity contribution in [3.8, 4) is 0 Å². The van der Waals surface area contributed by atoms with Crippen LogP contribution in [0.15, 0.2) is 48.5 Å². The number of benzene rings is 2. The van der Waals surface area contributed by atoms with Crippen LogP contribution in [0.2, 0.25) is 0 Å². The van der Waals surface area contributed by atoms with Crippen LogP contribution in [0.1, 0.15) is 41.5 Å². The Morgan fingerprint density at radius 2 is 1.28 bits per heavy atom. The van der Waals surface area contributed by atoms with Gasteiger partial charge in [-0.05, 0) is 69.3 Å². The summed E-state index contributed by atoms with van der Waals surface area (Å²) >= 11 is 0. The summed E-state index contributed by atoms with van der Waals surface area (Å²) in [6, 6.07) is 14.4. The van der Waals surface area contributed by atoms with E-state index in [1.165, 1.54) is 6.92 Å². The Morgan fingerprint density at radius 3 is 1.76 bits per heavy atom. The second-order valence-corrected chi connectivity index (χ2v) is 7.42. The van der Waals surface area contributed by atoms with Gasteiger partial charge in [-0.15, -0.1) is 0 Å². The molecule has 6 heteroatoms. The first-order valence-corrected chi connectivity index (χ1v) is 9.87. The number of amides is 1. The fourth-order valence-corrected chi connectivity index (χ4v) is 3.48. The molecular formula is C23H27N3O3. The molecule has 1 N–H and O–H groups in total. The molecule has 0 unspecified atom stereocenters. The number of nitrogens with zero attached hydrogens (tertiary/aromatic N) is 2. The van der Waals surface area contributed by atoms with Gasteiger partial charge in [0, 0.05) is 48.7 Å². The van der Waals surface area contributed by atoms with Gasteiger partial charge in [-0.25, -0.2) is 0 Å². The number of hydrogen-bond donors (Lipinski definition) is 1. The highest BCUT2D eigenvalue weighted by molar-refractivity contribution is 5.97. The van der Waals surface area contributed by atoms with Crippen molar-refractivity contribution in [2.75, 3.05) is 36.4 Å². The fraction of sp³-hybridized carbons (Fsp3) is 0.348. The quantitative estimate of drug-likeness (QED) is 0.763. The van der Waals surface area contributed by atoms with Crippen LogP contribution in [-0.2, 0) is 4.79 Å². The van der Waals surface area contributed by atoms with Crippen LogP contribution in [0.4, 0.5) is 11.4 Å². The Hall–Kier alpha value is -2.99. The topological polar surface area (TPSA) is 69.7 Å². The fourth-order valence-electron chi connectivity index (χ4n) is 3.48. The first-order valence-electron chi connectivity index (χ1n) is 9.87. The average Bonchev–Trinajstić information content (AvgIpc) is 2.73. The predicted molar refractivity (Wildman–Crippen MR) is 115 cm³/mol. The van der Waals surface area contributed by atoms with E-state index in [0.29, 0.717) is 16.8 Å². The van der Waals surface area contributed by atoms with Crippen molar-refractivity contribution in [2.24, 2.45) is 0 Å². The zero-order chi connectivity index (χ0) is 21.0. The number of rotatable bonds is 6. The molecular weight excluding hydrogens is 366 g/mol. The Labute approximate surface area is 171 Å². The average molecular weight is 393 g/mol. The molecule has 0 bridgehead atoms. The van der Waals surface area contributed by atoms with Gasteiger partial charge in [0.15, 0.2) is 11.6 Å². The SMILES string of the molecule is CC(=O)c1ccc(NC(=O)[C@@H](C)N2CCN(c3ccc(C(C)=O)cc3)CC2)cc1. The molecule has 2 aromatic carbocycles. The molecule has 0 aromatic heterocycles. The first kappa shape index (κ1) is 20.7. The number of carbonyl (C=O) groups is 3. The van der Waals surface area contributed by atoms with E-state index in [-0.39, 0.29) is 23.5 Å². The van der Waals surface area contributed by atoms with Gasteiger partial charge in [-0.1, -0.05) is 0 Å². The summed E-state index contributed by atoms with van der Waals surface area (Å²) in [4.78, 5) is 39.8. The Bertz CT molecular complexity index is 883. The van der Waals surface area contributed by atoms with E-state index in [1.54, 1.807) is 31.2 Å². The summed E-state index contributed by atoms with van der Waals surface area (Å²) in [6.45, 7) is 8.22. The first-order chi connectivity index (χ1) is 13.8. The molecule has 6 nitrogen and oxygen atoms in total. The number of piperazine rings is 1. The number of Topliss-reactive ketones (excluding diaryl/α,β-unsaturated/α-hetero) is 2. The van der Waals surface area contributed by atoms with Gasteiger partial charge in [-0.3, -0.25) is 19.3 Å². The molecule has 1 saturated heterocycles. The van der Waals surface area contributed by atoms with Crippen molar-refractivity contribution in [3.05, 3.63) is 59.7 Å². The van der Waals surface area contributed by atoms with Gasteiger partial charge in [0.25, 0.3) is 0 Å². The monoisotopic (exact) mass is 393 g/mol. The summed E-state index contributed by atoms with van der Waals surface area (Å²) in [6.07, 6.45) is 0. The van der Waals surface area contributed by atoms with Crippen LogP contribution in [0, 0.1) is 0 Å². The van der Waals surface area contributed by atoms with Crippen LogP contribution in [0.25, 0.3) is 0 Å². The lowest BCUT2D eigenvalue weighted by Crippen LogP contribution is -2.52. The number of carbonyl (C=O) groups excluding carboxylic acids is 3. The summed E-state index contributed by atoms with van der Waals surface area (Å²) in [7, 11) is 0. The summed E-state index contributed by atoms with van der Waals surface area (Å²) in [5.41, 5.74) is 3.13. The molecule has 1 aliphatic rings. The normalized spacial score (nSPS) is 15.6. The molecule has 0 spiro atoms. The summed E-state index contributed by atoms with van der Waals surface area (Å²) in [5, 5.41) is 2.93. The second kappa shape index (κ2) is 9.01. The van der Waals surface area contributed by atoms with Gasteiger partial charge in [0.05, 0.1) is 6.04 Å². The maximum Gasteiger partial charge on any atom is 0.241 e. The molecule has 0 saturated carbocycles. The van der Waals surface area contributed by atoms with Gasteiger partial charge in [-0.2, -0.15) is 0 Å². The Balaban J connectivity index is 1.53. The van der Waals surface area contributed by atoms with Crippen molar-refractivity contribution < 1.29 is 14.4 Å². The molecule has 1 aliphatic heterocycles. The molecule has 1 fully saturated rings. The molecule has 1 heterocycles. The van der Waals surface area contributed by atoms with E-state index in [1.807, 2.05) is 31.2 Å². The lowest BCUT2D eigenvalue weighted by molar-refractivity contribution is -0.120. The summed E-state index contributed by atoms with van der Waals surface area (Å²) in [5.74, 6) is 0.0158. The molecule has 3 rings (SSSR count). The second-order valence-electron chi connectivity index (χ2n) is 7.42. The zero-order valence-electron chi connectivity index (χ0n) is 17.1. The van der Waals surface area contributed by atoms with Crippen LogP contribution >= 0.6 is 0 Å². The van der Waals surface area contributed by atoms with Crippen molar-refractivity contribution in [1.29, 1.82) is 0 Å². The Morgan fingerprint density at radius 1 is 0.793 bits per heavy atom. The largest absolute Gasteiger partial charge is 0.369 e. The lowest BCUT2D eigenvalue weighted by atomic mass is 10.1. The van der Waals surface area contributed by atoms with Gasteiger partial charge in [0.1, 0.15) is 0 Å². The molecule has 1 amide bonds. The van der Waals surface area contributed by atoms with E-state index >= 15 is 0 Å². The van der Waals surface area contributed by atoms with Crippen molar-refractivity contribution in [2.45, 2.75) is 26.8 Å². The van der Waals surface area contributed by atoms with Crippen LogP contribution in [-0.4, -0.2) is 54.6 Å². The molecule has 0 radical (unpaired) electrons. The highest BCUT2D eigenvalue weighted by atomic mass is 16.2. The van der Waals surface area contributed by atoms with Gasteiger partial charge in [0.2, 0.25) is 5.91 Å². The minimum Gasteiger partial charge on any atom is -0.369 e. The Kier molecular flexibility index (Phi) is 6.44. The standard InChI is InChI=1S/C23H27N3O3/c1-16(23(29)24-21-8-4-19(5-9-21)17(2)27)25-12-14-26(15-13-25)22-10-6-20(7-11-22)18(3)28/h4-11,16H,12-15H2,1-3H3,(H,24,29)/t16-/m1/s1. The van der Waals surface area contributed by atoms with E-state index in [4.69, 9.17) is 0 Å². The molecule has 152 valence electrons. The predicted octanol–water partition coefficient (Wildman–Crippen LogP) is 3.24. The smallest absolute Gasteiger partial charge is 0.241 e. The highest BCUT2D eigenvalue weighted by Gasteiger charge is 2.25. The van der Waals surface area contributed by atoms with Gasteiger partial charge >= 0.3 is 0 Å². The minimum absolute atomic E-state index is 0.00467. The minimum atomic E-state index is -0.246. The molecule has 29 heavy (non-hydrogen) atoms. The number of nitrogens with one attached hydrogen (secondary N) is 1. The van der Waals surface area contributed by atoms with Crippen LogP contribution in [0.3, 0.4) is 0 Å². The third-order valence-electron chi connectivity index (χ3n) is 5.44. The number of ketones is 2. The third-order valence-corrected chi connectivity index (χ3v) is 5.44. The van der Waals surface area contributed by atoms with Crippen molar-refractivity contribution >= 4 is 28.8 Å². The van der Waals surface area contributed by atoms with Crippen LogP contribution in [0.5, 0.6) is 0 Å². The number of anilines is 2. The highest BCUT2D eigenvalue weighted by Crippen LogP contribution is 2.19. The number of hydrogen-bond acceptors (Lipinski definition) is 5. The molecule has 0 aliphatic carbocycles. The third kappa shape index (κ3) is 5.09. The van der Waals surface area contributed by atoms with Crippen molar-refractivity contribution in [1.82, 2.24) is 4.90 Å². The van der Waals surface area contributed by atoms with E-state index < -0.39 is 0 Å². The molecule has 2 aromatic rings. The maximum atomic E-state index is 12.6. The maximum absolute atomic E-state index is 12.6. The van der Waals surface area contributed by atoms with E-state index in [2.05, 4.69) is 15.1 Å².